The van der Waals surface area contributed by atoms with Gasteiger partial charge in [0.15, 0.2) is 0 Å². The predicted octanol–water partition coefficient (Wildman–Crippen LogP) is -1.00. The summed E-state index contributed by atoms with van der Waals surface area (Å²) < 4.78 is 9.13. The molecular formula is C8H10N2O6Zn. The van der Waals surface area contributed by atoms with Gasteiger partial charge in [0.25, 0.3) is 11.8 Å². The third-order valence-corrected chi connectivity index (χ3v) is 1.54. The number of carboxylic acids is 2. The SMILES string of the molecule is O=C(O)C1=NCCO1.O=C(O)C1=NCCO1.[Zn]. The van der Waals surface area contributed by atoms with E-state index in [1.54, 1.807) is 0 Å². The molecule has 90 valence electrons. The normalized spacial score (nSPS) is 16.2. The zero-order valence-corrected chi connectivity index (χ0v) is 11.9. The molecule has 0 aromatic rings. The molecular weight excluding hydrogens is 285 g/mol. The standard InChI is InChI=1S/2C4H5NO3.Zn/c2*6-4(7)3-5-1-2-8-3;/h2*1-2H2,(H,6,7);. The van der Waals surface area contributed by atoms with E-state index < -0.39 is 11.9 Å². The van der Waals surface area contributed by atoms with Gasteiger partial charge in [0, 0.05) is 19.5 Å². The van der Waals surface area contributed by atoms with Gasteiger partial charge >= 0.3 is 11.9 Å². The molecule has 0 saturated carbocycles. The smallest absolute Gasteiger partial charge is 0.391 e. The van der Waals surface area contributed by atoms with E-state index in [2.05, 4.69) is 19.5 Å². The Bertz CT molecular complexity index is 320. The van der Waals surface area contributed by atoms with Crippen molar-refractivity contribution < 1.29 is 48.8 Å². The number of aliphatic carboxylic acids is 2. The van der Waals surface area contributed by atoms with Crippen LogP contribution < -0.4 is 0 Å². The largest absolute Gasteiger partial charge is 0.474 e. The molecule has 2 rings (SSSR count). The van der Waals surface area contributed by atoms with Gasteiger partial charge in [-0.25, -0.2) is 19.6 Å². The van der Waals surface area contributed by atoms with Crippen molar-refractivity contribution in [2.75, 3.05) is 26.3 Å². The second-order valence-electron chi connectivity index (χ2n) is 2.68. The van der Waals surface area contributed by atoms with Crippen molar-refractivity contribution >= 4 is 23.7 Å². The summed E-state index contributed by atoms with van der Waals surface area (Å²) >= 11 is 0. The summed E-state index contributed by atoms with van der Waals surface area (Å²) in [5, 5.41) is 16.3. The van der Waals surface area contributed by atoms with Gasteiger partial charge in [-0.1, -0.05) is 0 Å². The van der Waals surface area contributed by atoms with Gasteiger partial charge in [0.2, 0.25) is 0 Å². The van der Waals surface area contributed by atoms with Gasteiger partial charge in [-0.2, -0.15) is 0 Å². The molecule has 2 aliphatic heterocycles. The number of carbonyl (C=O) groups is 2. The first-order chi connectivity index (χ1) is 7.61. The molecule has 2 N–H and O–H groups in total. The zero-order valence-electron chi connectivity index (χ0n) is 8.96. The minimum atomic E-state index is -1.08. The summed E-state index contributed by atoms with van der Waals surface area (Å²) in [4.78, 5) is 27.0. The third-order valence-electron chi connectivity index (χ3n) is 1.54. The van der Waals surface area contributed by atoms with Crippen LogP contribution in [0.25, 0.3) is 0 Å². The van der Waals surface area contributed by atoms with Gasteiger partial charge in [0.1, 0.15) is 13.2 Å². The Morgan fingerprint density at radius 3 is 1.41 bits per heavy atom. The zero-order chi connectivity index (χ0) is 12.0. The van der Waals surface area contributed by atoms with E-state index in [4.69, 9.17) is 10.2 Å². The predicted molar refractivity (Wildman–Crippen MR) is 51.8 cm³/mol. The van der Waals surface area contributed by atoms with Crippen LogP contribution in [0.15, 0.2) is 9.98 Å². The number of carboxylic acid groups (broad SMARTS) is 2. The molecule has 8 nitrogen and oxygen atoms in total. The van der Waals surface area contributed by atoms with Gasteiger partial charge in [-0.3, -0.25) is 0 Å². The van der Waals surface area contributed by atoms with Crippen molar-refractivity contribution in [3.05, 3.63) is 0 Å². The summed E-state index contributed by atoms with van der Waals surface area (Å²) in [6.45, 7) is 1.76. The molecule has 0 amide bonds. The molecule has 0 aliphatic carbocycles. The Balaban J connectivity index is 0.000000284. The van der Waals surface area contributed by atoms with Crippen molar-refractivity contribution in [3.8, 4) is 0 Å². The Morgan fingerprint density at radius 2 is 1.29 bits per heavy atom. The van der Waals surface area contributed by atoms with Crippen LogP contribution in [0.4, 0.5) is 0 Å². The number of hydrogen-bond acceptors (Lipinski definition) is 6. The maximum absolute atomic E-state index is 9.95. The van der Waals surface area contributed by atoms with Crippen LogP contribution in [-0.2, 0) is 38.5 Å². The summed E-state index contributed by atoms with van der Waals surface area (Å²) in [6.07, 6.45) is 0. The summed E-state index contributed by atoms with van der Waals surface area (Å²) in [7, 11) is 0. The summed E-state index contributed by atoms with van der Waals surface area (Å²) in [6, 6.07) is 0. The van der Waals surface area contributed by atoms with E-state index in [9.17, 15) is 9.59 Å². The Hall–Kier alpha value is -1.50. The minimum absolute atomic E-state index is 0. The van der Waals surface area contributed by atoms with Crippen LogP contribution in [-0.4, -0.2) is 60.3 Å². The van der Waals surface area contributed by atoms with Crippen LogP contribution in [0, 0.1) is 0 Å². The average Bonchev–Trinajstić information content (AvgIpc) is 2.93. The van der Waals surface area contributed by atoms with Crippen molar-refractivity contribution in [2.45, 2.75) is 0 Å². The topological polar surface area (TPSA) is 118 Å². The van der Waals surface area contributed by atoms with E-state index in [0.717, 1.165) is 0 Å². The van der Waals surface area contributed by atoms with Crippen LogP contribution in [0.1, 0.15) is 0 Å². The number of rotatable bonds is 2. The summed E-state index contributed by atoms with van der Waals surface area (Å²) in [5.74, 6) is -2.49. The Morgan fingerprint density at radius 1 is 0.941 bits per heavy atom. The molecule has 0 radical (unpaired) electrons. The van der Waals surface area contributed by atoms with Crippen molar-refractivity contribution in [1.82, 2.24) is 0 Å². The minimum Gasteiger partial charge on any atom is -0.474 e. The van der Waals surface area contributed by atoms with Crippen LogP contribution in [0.5, 0.6) is 0 Å². The molecule has 2 heterocycles. The molecule has 0 fully saturated rings. The Labute approximate surface area is 109 Å². The number of ether oxygens (including phenoxy) is 2. The molecule has 9 heteroatoms. The molecule has 0 atom stereocenters. The molecule has 0 unspecified atom stereocenters. The fraction of sp³-hybridized carbons (Fsp3) is 0.500. The van der Waals surface area contributed by atoms with Crippen LogP contribution >= 0.6 is 0 Å². The van der Waals surface area contributed by atoms with Crippen molar-refractivity contribution in [1.29, 1.82) is 0 Å². The van der Waals surface area contributed by atoms with Crippen LogP contribution in [0.3, 0.4) is 0 Å². The van der Waals surface area contributed by atoms with Gasteiger partial charge in [-0.15, -0.1) is 0 Å². The third kappa shape index (κ3) is 5.39. The molecule has 2 aliphatic rings. The average molecular weight is 296 g/mol. The van der Waals surface area contributed by atoms with E-state index in [1.807, 2.05) is 0 Å². The van der Waals surface area contributed by atoms with Gasteiger partial charge < -0.3 is 19.7 Å². The maximum Gasteiger partial charge on any atom is 0.391 e. The van der Waals surface area contributed by atoms with E-state index in [0.29, 0.717) is 26.3 Å². The second-order valence-corrected chi connectivity index (χ2v) is 2.68. The summed E-state index contributed by atoms with van der Waals surface area (Å²) in [5.41, 5.74) is 0. The molecule has 0 bridgehead atoms. The van der Waals surface area contributed by atoms with E-state index in [-0.39, 0.29) is 31.3 Å². The second kappa shape index (κ2) is 7.72. The molecule has 17 heavy (non-hydrogen) atoms. The Kier molecular flexibility index (Phi) is 7.04. The molecule has 0 aromatic heterocycles. The monoisotopic (exact) mass is 294 g/mol. The first-order valence-electron chi connectivity index (χ1n) is 4.42. The first kappa shape index (κ1) is 15.5. The van der Waals surface area contributed by atoms with Gasteiger partial charge in [0.05, 0.1) is 13.1 Å². The van der Waals surface area contributed by atoms with Crippen LogP contribution in [0.2, 0.25) is 0 Å². The number of aliphatic imine (C=N–C) groups is 2. The van der Waals surface area contributed by atoms with E-state index >= 15 is 0 Å². The first-order valence-corrected chi connectivity index (χ1v) is 4.42. The van der Waals surface area contributed by atoms with Crippen molar-refractivity contribution in [3.63, 3.8) is 0 Å². The maximum atomic E-state index is 9.95. The van der Waals surface area contributed by atoms with Crippen molar-refractivity contribution in [2.24, 2.45) is 9.98 Å². The van der Waals surface area contributed by atoms with Gasteiger partial charge in [-0.05, 0) is 0 Å². The molecule has 0 spiro atoms. The quantitative estimate of drug-likeness (QED) is 0.631. The molecule has 0 aromatic carbocycles. The number of hydrogen-bond donors (Lipinski definition) is 2. The fourth-order valence-electron chi connectivity index (χ4n) is 0.929. The fourth-order valence-corrected chi connectivity index (χ4v) is 0.929. The molecule has 0 saturated heterocycles. The number of nitrogens with zero attached hydrogens (tertiary/aromatic N) is 2. The van der Waals surface area contributed by atoms with E-state index in [1.165, 1.54) is 0 Å².